The number of fused-ring (bicyclic) bond motifs is 7. The lowest BCUT2D eigenvalue weighted by molar-refractivity contribution is 0.260. The first kappa shape index (κ1) is 27.7. The fourth-order valence-electron chi connectivity index (χ4n) is 7.36. The molecule has 49 heavy (non-hydrogen) atoms. The van der Waals surface area contributed by atoms with Crippen molar-refractivity contribution in [2.75, 3.05) is 5.32 Å². The van der Waals surface area contributed by atoms with Gasteiger partial charge in [0.15, 0.2) is 6.23 Å². The average Bonchev–Trinajstić information content (AvgIpc) is 3.62. The fourth-order valence-corrected chi connectivity index (χ4v) is 7.36. The maximum absolute atomic E-state index is 6.38. The summed E-state index contributed by atoms with van der Waals surface area (Å²) in [5.41, 5.74) is 6.54. The molecule has 2 atom stereocenters. The Hall–Kier alpha value is -6.39. The largest absolute Gasteiger partial charge is 0.464 e. The molecule has 4 nitrogen and oxygen atoms in total. The van der Waals surface area contributed by atoms with Gasteiger partial charge in [-0.05, 0) is 79.2 Å². The molecule has 0 aliphatic carbocycles. The van der Waals surface area contributed by atoms with Crippen molar-refractivity contribution in [3.63, 3.8) is 0 Å². The zero-order valence-electron chi connectivity index (χ0n) is 26.6. The van der Waals surface area contributed by atoms with Gasteiger partial charge in [0.2, 0.25) is 0 Å². The van der Waals surface area contributed by atoms with Crippen LogP contribution in [0.25, 0.3) is 48.8 Å². The van der Waals surface area contributed by atoms with Gasteiger partial charge in [-0.25, -0.2) is 0 Å². The van der Waals surface area contributed by atoms with Crippen molar-refractivity contribution < 1.29 is 4.74 Å². The number of rotatable bonds is 4. The highest BCUT2D eigenvalue weighted by Gasteiger charge is 2.26. The quantitative estimate of drug-likeness (QED) is 0.190. The molecule has 2 unspecified atom stereocenters. The smallest absolute Gasteiger partial charge is 0.196 e. The number of hydrogen-bond acceptors (Lipinski definition) is 4. The molecule has 8 aromatic carbocycles. The highest BCUT2D eigenvalue weighted by molar-refractivity contribution is 6.17. The minimum absolute atomic E-state index is 0.144. The van der Waals surface area contributed by atoms with Crippen LogP contribution in [0.5, 0.6) is 5.75 Å². The van der Waals surface area contributed by atoms with E-state index in [-0.39, 0.29) is 12.3 Å². The van der Waals surface area contributed by atoms with Crippen LogP contribution in [0.1, 0.15) is 34.5 Å². The number of nitrogens with one attached hydrogen (secondary N) is 2. The molecule has 8 aromatic rings. The van der Waals surface area contributed by atoms with Crippen molar-refractivity contribution in [1.29, 1.82) is 0 Å². The van der Waals surface area contributed by atoms with E-state index in [0.717, 1.165) is 50.6 Å². The first-order valence-electron chi connectivity index (χ1n) is 16.8. The third-order valence-electron chi connectivity index (χ3n) is 9.88. The molecule has 232 valence electrons. The molecule has 2 aliphatic heterocycles. The molecule has 2 heterocycles. The van der Waals surface area contributed by atoms with E-state index in [1.54, 1.807) is 0 Å². The van der Waals surface area contributed by atoms with Gasteiger partial charge >= 0.3 is 0 Å². The topological polar surface area (TPSA) is 45.6 Å². The first-order valence-corrected chi connectivity index (χ1v) is 16.8. The average molecular weight is 630 g/mol. The van der Waals surface area contributed by atoms with Crippen LogP contribution in [0, 0.1) is 0 Å². The van der Waals surface area contributed by atoms with Gasteiger partial charge in [0.05, 0.1) is 11.7 Å². The van der Waals surface area contributed by atoms with Gasteiger partial charge in [-0.3, -0.25) is 4.99 Å². The summed E-state index contributed by atoms with van der Waals surface area (Å²) in [6.07, 6.45) is 2.04. The van der Waals surface area contributed by atoms with E-state index < -0.39 is 0 Å². The Kier molecular flexibility index (Phi) is 6.28. The van der Waals surface area contributed by atoms with E-state index in [2.05, 4.69) is 156 Å². The predicted octanol–water partition coefficient (Wildman–Crippen LogP) is 10.9. The number of hydrogen-bond donors (Lipinski definition) is 2. The van der Waals surface area contributed by atoms with Gasteiger partial charge in [0, 0.05) is 22.2 Å². The summed E-state index contributed by atoms with van der Waals surface area (Å²) in [4.78, 5) is 5.33. The minimum atomic E-state index is -0.218. The molecule has 0 bridgehead atoms. The fraction of sp³-hybridized carbons (Fsp3) is 0.0444. The second-order valence-corrected chi connectivity index (χ2v) is 12.9. The van der Waals surface area contributed by atoms with Gasteiger partial charge in [-0.15, -0.1) is 0 Å². The van der Waals surface area contributed by atoms with Gasteiger partial charge in [0.1, 0.15) is 11.6 Å². The molecule has 2 N–H and O–H groups in total. The van der Waals surface area contributed by atoms with Gasteiger partial charge in [-0.2, -0.15) is 0 Å². The lowest BCUT2D eigenvalue weighted by atomic mass is 9.96. The number of benzene rings is 8. The Balaban J connectivity index is 1.08. The summed E-state index contributed by atoms with van der Waals surface area (Å²) in [7, 11) is 0. The van der Waals surface area contributed by atoms with Crippen LogP contribution in [0.3, 0.4) is 0 Å². The minimum Gasteiger partial charge on any atom is -0.464 e. The van der Waals surface area contributed by atoms with E-state index in [1.807, 2.05) is 18.2 Å². The van der Waals surface area contributed by atoms with Gasteiger partial charge in [-0.1, -0.05) is 133 Å². The highest BCUT2D eigenvalue weighted by atomic mass is 16.5. The third-order valence-corrected chi connectivity index (χ3v) is 9.88. The van der Waals surface area contributed by atoms with Crippen molar-refractivity contribution in [2.24, 2.45) is 4.99 Å². The SMILES string of the molecule is C1=C(c2ccc3ccccc3c2)NC(c2ccc3c(ccc4ccc5c(c43)NC(c3ccccc3)O5)c2)=NC1c1ccc2ccccc2c1. The number of amidine groups is 1. The summed E-state index contributed by atoms with van der Waals surface area (Å²) in [5, 5.41) is 17.0. The molecule has 2 aliphatic rings. The standard InChI is InChI=1S/C45H31N3O/c1-2-10-31(11-3-1)45-48-43-41(49-45)23-21-30-16-17-34-26-37(20-22-38(34)42(30)43)44-46-39(35-18-14-28-8-4-6-12-32(28)24-35)27-40(47-44)36-19-15-29-9-5-7-13-33(29)25-36/h1-27,39,45,48H,(H,46,47). The first-order chi connectivity index (χ1) is 24.2. The summed E-state index contributed by atoms with van der Waals surface area (Å²) in [5.74, 6) is 1.73. The molecule has 0 spiro atoms. The molecule has 10 rings (SSSR count). The van der Waals surface area contributed by atoms with Crippen molar-refractivity contribution in [1.82, 2.24) is 5.32 Å². The Morgan fingerprint density at radius 1 is 0.510 bits per heavy atom. The highest BCUT2D eigenvalue weighted by Crippen LogP contribution is 2.45. The summed E-state index contributed by atoms with van der Waals surface area (Å²) in [6, 6.07) is 55.8. The van der Waals surface area contributed by atoms with Crippen LogP contribution >= 0.6 is 0 Å². The maximum atomic E-state index is 6.38. The molecule has 0 saturated carbocycles. The van der Waals surface area contributed by atoms with E-state index in [1.165, 1.54) is 37.7 Å². The molecule has 0 aromatic heterocycles. The molecule has 0 amide bonds. The van der Waals surface area contributed by atoms with Gasteiger partial charge < -0.3 is 15.4 Å². The Morgan fingerprint density at radius 3 is 2.00 bits per heavy atom. The summed E-state index contributed by atoms with van der Waals surface area (Å²) >= 11 is 0. The Bertz CT molecular complexity index is 2660. The molecular weight excluding hydrogens is 599 g/mol. The van der Waals surface area contributed by atoms with Crippen LogP contribution in [0.4, 0.5) is 5.69 Å². The normalized spacial score (nSPS) is 16.9. The lowest BCUT2D eigenvalue weighted by Crippen LogP contribution is -2.27. The van der Waals surface area contributed by atoms with E-state index in [4.69, 9.17) is 9.73 Å². The summed E-state index contributed by atoms with van der Waals surface area (Å²) in [6.45, 7) is 0. The second kappa shape index (κ2) is 11.1. The zero-order valence-corrected chi connectivity index (χ0v) is 26.6. The van der Waals surface area contributed by atoms with Crippen LogP contribution in [0.2, 0.25) is 0 Å². The Morgan fingerprint density at radius 2 is 1.16 bits per heavy atom. The molecule has 0 radical (unpaired) electrons. The van der Waals surface area contributed by atoms with E-state index >= 15 is 0 Å². The maximum Gasteiger partial charge on any atom is 0.196 e. The van der Waals surface area contributed by atoms with Crippen molar-refractivity contribution in [3.8, 4) is 5.75 Å². The summed E-state index contributed by atoms with van der Waals surface area (Å²) < 4.78 is 6.38. The number of aliphatic imine (C=N–C) groups is 1. The molecular formula is C45H31N3O. The molecule has 4 heteroatoms. The van der Waals surface area contributed by atoms with E-state index in [9.17, 15) is 0 Å². The Labute approximate surface area is 284 Å². The van der Waals surface area contributed by atoms with E-state index in [0.29, 0.717) is 0 Å². The van der Waals surface area contributed by atoms with Crippen LogP contribution in [0.15, 0.2) is 169 Å². The van der Waals surface area contributed by atoms with Crippen LogP contribution in [-0.4, -0.2) is 5.84 Å². The van der Waals surface area contributed by atoms with Crippen molar-refractivity contribution >= 4 is 60.3 Å². The zero-order chi connectivity index (χ0) is 32.3. The monoisotopic (exact) mass is 629 g/mol. The van der Waals surface area contributed by atoms with Crippen LogP contribution in [-0.2, 0) is 0 Å². The van der Waals surface area contributed by atoms with Crippen LogP contribution < -0.4 is 15.4 Å². The lowest BCUT2D eigenvalue weighted by Gasteiger charge is -2.24. The number of ether oxygens (including phenoxy) is 1. The van der Waals surface area contributed by atoms with Crippen molar-refractivity contribution in [2.45, 2.75) is 12.3 Å². The third kappa shape index (κ3) is 4.80. The molecule has 0 fully saturated rings. The van der Waals surface area contributed by atoms with Gasteiger partial charge in [0.25, 0.3) is 0 Å². The second-order valence-electron chi connectivity index (χ2n) is 12.9. The molecule has 0 saturated heterocycles. The predicted molar refractivity (Wildman–Crippen MR) is 203 cm³/mol. The van der Waals surface area contributed by atoms with Crippen molar-refractivity contribution in [3.05, 3.63) is 186 Å². The number of nitrogens with zero attached hydrogens (tertiary/aromatic N) is 1. The number of anilines is 1.